The highest BCUT2D eigenvalue weighted by atomic mass is 35.5. The van der Waals surface area contributed by atoms with E-state index in [9.17, 15) is 9.59 Å². The molecule has 108 valence electrons. The first-order valence-corrected chi connectivity index (χ1v) is 6.63. The maximum Gasteiger partial charge on any atom is 0.414 e. The first kappa shape index (κ1) is 14.7. The van der Waals surface area contributed by atoms with Crippen molar-refractivity contribution in [2.24, 2.45) is 0 Å². The predicted molar refractivity (Wildman–Crippen MR) is 75.7 cm³/mol. The Kier molecular flexibility index (Phi) is 3.65. The number of carboxylic acid groups (broad SMARTS) is 1. The number of aromatic carboxylic acids is 1. The van der Waals surface area contributed by atoms with Crippen LogP contribution in [0.1, 0.15) is 36.7 Å². The number of anilines is 1. The van der Waals surface area contributed by atoms with E-state index in [1.807, 2.05) is 0 Å². The maximum absolute atomic E-state index is 12.1. The molecule has 0 bridgehead atoms. The van der Waals surface area contributed by atoms with Crippen molar-refractivity contribution < 1.29 is 19.4 Å². The second-order valence-corrected chi connectivity index (χ2v) is 6.06. The molecule has 1 heterocycles. The summed E-state index contributed by atoms with van der Waals surface area (Å²) < 4.78 is 5.32. The topological polar surface area (TPSA) is 66.8 Å². The van der Waals surface area contributed by atoms with Gasteiger partial charge in [-0.05, 0) is 44.9 Å². The van der Waals surface area contributed by atoms with Gasteiger partial charge < -0.3 is 9.84 Å². The number of fused-ring (bicyclic) bond motifs is 1. The van der Waals surface area contributed by atoms with Crippen LogP contribution in [0.15, 0.2) is 12.1 Å². The molecular formula is C14H16ClNO4. The molecule has 2 rings (SSSR count). The summed E-state index contributed by atoms with van der Waals surface area (Å²) in [5.41, 5.74) is 0.883. The summed E-state index contributed by atoms with van der Waals surface area (Å²) in [6.45, 7) is 5.84. The van der Waals surface area contributed by atoms with Crippen LogP contribution >= 0.6 is 11.6 Å². The smallest absolute Gasteiger partial charge is 0.414 e. The van der Waals surface area contributed by atoms with Crippen LogP contribution in [0.3, 0.4) is 0 Å². The van der Waals surface area contributed by atoms with Crippen LogP contribution in [0, 0.1) is 0 Å². The highest BCUT2D eigenvalue weighted by Gasteiger charge is 2.30. The van der Waals surface area contributed by atoms with E-state index in [1.54, 1.807) is 20.8 Å². The van der Waals surface area contributed by atoms with Crippen LogP contribution in [0.2, 0.25) is 5.02 Å². The first-order valence-electron chi connectivity index (χ1n) is 6.25. The summed E-state index contributed by atoms with van der Waals surface area (Å²) in [6.07, 6.45) is 0.141. The number of halogens is 1. The van der Waals surface area contributed by atoms with Gasteiger partial charge in [0, 0.05) is 6.54 Å². The molecule has 0 aliphatic carbocycles. The fourth-order valence-corrected chi connectivity index (χ4v) is 2.32. The van der Waals surface area contributed by atoms with Gasteiger partial charge in [0.1, 0.15) is 5.60 Å². The van der Waals surface area contributed by atoms with Gasteiger partial charge in [-0.25, -0.2) is 9.59 Å². The van der Waals surface area contributed by atoms with E-state index in [4.69, 9.17) is 21.4 Å². The second kappa shape index (κ2) is 4.98. The second-order valence-electron chi connectivity index (χ2n) is 5.65. The first-order chi connectivity index (χ1) is 9.19. The Bertz CT molecular complexity index is 577. The van der Waals surface area contributed by atoms with Gasteiger partial charge in [0.05, 0.1) is 16.3 Å². The van der Waals surface area contributed by atoms with Gasteiger partial charge >= 0.3 is 12.1 Å². The zero-order valence-corrected chi connectivity index (χ0v) is 12.3. The number of nitrogens with zero attached hydrogens (tertiary/aromatic N) is 1. The lowest BCUT2D eigenvalue weighted by Gasteiger charge is -2.24. The van der Waals surface area contributed by atoms with E-state index < -0.39 is 17.7 Å². The van der Waals surface area contributed by atoms with E-state index in [0.29, 0.717) is 18.7 Å². The summed E-state index contributed by atoms with van der Waals surface area (Å²) in [6, 6.07) is 3.03. The third kappa shape index (κ3) is 2.88. The highest BCUT2D eigenvalue weighted by Crippen LogP contribution is 2.34. The Morgan fingerprint density at radius 2 is 2.00 bits per heavy atom. The number of hydrogen-bond donors (Lipinski definition) is 1. The quantitative estimate of drug-likeness (QED) is 0.863. The van der Waals surface area contributed by atoms with Crippen LogP contribution in [-0.2, 0) is 11.2 Å². The number of ether oxygens (including phenoxy) is 1. The average Bonchev–Trinajstić information content (AvgIpc) is 2.67. The molecule has 0 saturated heterocycles. The molecule has 20 heavy (non-hydrogen) atoms. The molecule has 0 saturated carbocycles. The number of carboxylic acids is 1. The van der Waals surface area contributed by atoms with Gasteiger partial charge in [0.2, 0.25) is 0 Å². The summed E-state index contributed by atoms with van der Waals surface area (Å²) in [5, 5.41) is 9.15. The summed E-state index contributed by atoms with van der Waals surface area (Å²) in [7, 11) is 0. The number of amides is 1. The van der Waals surface area contributed by atoms with Crippen molar-refractivity contribution in [2.45, 2.75) is 32.8 Å². The molecule has 6 heteroatoms. The molecule has 1 N–H and O–H groups in total. The predicted octanol–water partition coefficient (Wildman–Crippen LogP) is 3.34. The van der Waals surface area contributed by atoms with Crippen molar-refractivity contribution in [2.75, 3.05) is 11.4 Å². The lowest BCUT2D eigenvalue weighted by atomic mass is 10.1. The van der Waals surface area contributed by atoms with Gasteiger partial charge in [-0.15, -0.1) is 0 Å². The van der Waals surface area contributed by atoms with Gasteiger partial charge in [-0.1, -0.05) is 11.6 Å². The van der Waals surface area contributed by atoms with Crippen LogP contribution in [-0.4, -0.2) is 29.3 Å². The van der Waals surface area contributed by atoms with Gasteiger partial charge in [0.15, 0.2) is 0 Å². The zero-order chi connectivity index (χ0) is 15.1. The third-order valence-corrected chi connectivity index (χ3v) is 3.22. The van der Waals surface area contributed by atoms with Gasteiger partial charge in [-0.2, -0.15) is 0 Å². The lowest BCUT2D eigenvalue weighted by Crippen LogP contribution is -2.35. The maximum atomic E-state index is 12.1. The Morgan fingerprint density at radius 3 is 2.55 bits per heavy atom. The number of rotatable bonds is 1. The molecule has 0 unspecified atom stereocenters. The van der Waals surface area contributed by atoms with Crippen LogP contribution in [0.25, 0.3) is 0 Å². The lowest BCUT2D eigenvalue weighted by molar-refractivity contribution is 0.0583. The van der Waals surface area contributed by atoms with Crippen molar-refractivity contribution >= 4 is 29.4 Å². The molecule has 5 nitrogen and oxygen atoms in total. The number of carbonyl (C=O) groups is 2. The van der Waals surface area contributed by atoms with Crippen LogP contribution in [0.4, 0.5) is 10.5 Å². The Hall–Kier alpha value is -1.75. The molecule has 0 spiro atoms. The Morgan fingerprint density at radius 1 is 1.35 bits per heavy atom. The standard InChI is InChI=1S/C14H16ClNO4/c1-14(2,3)20-13(19)16-5-4-8-6-9(12(17)18)10(15)7-11(8)16/h6-7H,4-5H2,1-3H3,(H,17,18). The molecule has 0 aromatic heterocycles. The molecule has 1 aromatic carbocycles. The van der Waals surface area contributed by atoms with Gasteiger partial charge in [0.25, 0.3) is 0 Å². The molecule has 1 amide bonds. The molecule has 0 atom stereocenters. The molecule has 1 aromatic rings. The number of hydrogen-bond acceptors (Lipinski definition) is 3. The fourth-order valence-electron chi connectivity index (χ4n) is 2.08. The summed E-state index contributed by atoms with van der Waals surface area (Å²) in [4.78, 5) is 24.6. The van der Waals surface area contributed by atoms with Crippen molar-refractivity contribution in [3.05, 3.63) is 28.3 Å². The van der Waals surface area contributed by atoms with Crippen molar-refractivity contribution in [3.63, 3.8) is 0 Å². The van der Waals surface area contributed by atoms with Crippen molar-refractivity contribution in [1.29, 1.82) is 0 Å². The summed E-state index contributed by atoms with van der Waals surface area (Å²) >= 11 is 5.95. The average molecular weight is 298 g/mol. The zero-order valence-electron chi connectivity index (χ0n) is 11.6. The van der Waals surface area contributed by atoms with E-state index in [1.165, 1.54) is 17.0 Å². The largest absolute Gasteiger partial charge is 0.478 e. The van der Waals surface area contributed by atoms with Crippen molar-refractivity contribution in [1.82, 2.24) is 0 Å². The highest BCUT2D eigenvalue weighted by molar-refractivity contribution is 6.34. The fraction of sp³-hybridized carbons (Fsp3) is 0.429. The molecular weight excluding hydrogens is 282 g/mol. The van der Waals surface area contributed by atoms with Crippen LogP contribution < -0.4 is 4.90 Å². The third-order valence-electron chi connectivity index (χ3n) is 2.91. The Balaban J connectivity index is 2.32. The van der Waals surface area contributed by atoms with Crippen molar-refractivity contribution in [3.8, 4) is 0 Å². The number of benzene rings is 1. The van der Waals surface area contributed by atoms with Gasteiger partial charge in [-0.3, -0.25) is 4.90 Å². The SMILES string of the molecule is CC(C)(C)OC(=O)N1CCc2cc(C(=O)O)c(Cl)cc21. The van der Waals surface area contributed by atoms with E-state index >= 15 is 0 Å². The molecule has 0 radical (unpaired) electrons. The minimum Gasteiger partial charge on any atom is -0.478 e. The van der Waals surface area contributed by atoms with E-state index in [-0.39, 0.29) is 10.6 Å². The minimum atomic E-state index is -1.08. The van der Waals surface area contributed by atoms with E-state index in [0.717, 1.165) is 5.56 Å². The monoisotopic (exact) mass is 297 g/mol. The normalized spacial score (nSPS) is 14.1. The van der Waals surface area contributed by atoms with Crippen LogP contribution in [0.5, 0.6) is 0 Å². The Labute approximate surface area is 122 Å². The molecule has 1 aliphatic heterocycles. The van der Waals surface area contributed by atoms with E-state index in [2.05, 4.69) is 0 Å². The summed E-state index contributed by atoms with van der Waals surface area (Å²) in [5.74, 6) is -1.08. The molecule has 1 aliphatic rings. The minimum absolute atomic E-state index is 0.0523. The molecule has 0 fully saturated rings. The number of carbonyl (C=O) groups excluding carboxylic acids is 1.